The Bertz CT molecular complexity index is 251. The van der Waals surface area contributed by atoms with Crippen LogP contribution in [0.25, 0.3) is 0 Å². The third-order valence-corrected chi connectivity index (χ3v) is 2.96. The Morgan fingerprint density at radius 2 is 2.00 bits per heavy atom. The largest absolute Gasteiger partial charge is 0.465 e. The first-order valence-corrected chi connectivity index (χ1v) is 6.84. The van der Waals surface area contributed by atoms with E-state index in [0.717, 1.165) is 19.6 Å². The second kappa shape index (κ2) is 7.71. The van der Waals surface area contributed by atoms with Crippen LogP contribution in [0, 0.1) is 0 Å². The van der Waals surface area contributed by atoms with Crippen LogP contribution in [-0.2, 0) is 14.3 Å². The van der Waals surface area contributed by atoms with Gasteiger partial charge in [0.05, 0.1) is 18.8 Å². The smallest absolute Gasteiger partial charge is 0.324 e. The van der Waals surface area contributed by atoms with Crippen molar-refractivity contribution >= 4 is 5.97 Å². The molecule has 1 N–H and O–H groups in total. The summed E-state index contributed by atoms with van der Waals surface area (Å²) in [6.45, 7) is 11.6. The molecule has 0 aromatic heterocycles. The van der Waals surface area contributed by atoms with Crippen LogP contribution in [0.4, 0.5) is 0 Å². The molecule has 1 heterocycles. The molecule has 3 atom stereocenters. The van der Waals surface area contributed by atoms with E-state index in [1.165, 1.54) is 0 Å². The zero-order valence-electron chi connectivity index (χ0n) is 11.9. The highest BCUT2D eigenvalue weighted by atomic mass is 16.5. The lowest BCUT2D eigenvalue weighted by atomic mass is 10.2. The SMILES string of the molecule is CCNC(CN1C[C@@H](C)O[C@@H](C)C1)C(=O)OCC. The van der Waals surface area contributed by atoms with Crippen LogP contribution in [-0.4, -0.2) is 61.9 Å². The summed E-state index contributed by atoms with van der Waals surface area (Å²) in [5.74, 6) is -0.161. The van der Waals surface area contributed by atoms with Crippen molar-refractivity contribution in [3.8, 4) is 0 Å². The average molecular weight is 258 g/mol. The number of carbonyl (C=O) groups is 1. The van der Waals surface area contributed by atoms with E-state index in [9.17, 15) is 4.79 Å². The predicted molar refractivity (Wildman–Crippen MR) is 70.5 cm³/mol. The summed E-state index contributed by atoms with van der Waals surface area (Å²) in [5.41, 5.74) is 0. The molecule has 1 aliphatic rings. The molecule has 5 heteroatoms. The van der Waals surface area contributed by atoms with Gasteiger partial charge < -0.3 is 14.8 Å². The molecule has 0 radical (unpaired) electrons. The summed E-state index contributed by atoms with van der Waals surface area (Å²) in [7, 11) is 0. The van der Waals surface area contributed by atoms with Gasteiger partial charge in [-0.05, 0) is 27.3 Å². The third-order valence-electron chi connectivity index (χ3n) is 2.96. The molecule has 0 saturated carbocycles. The lowest BCUT2D eigenvalue weighted by Crippen LogP contribution is -2.53. The minimum absolute atomic E-state index is 0.161. The number of nitrogens with one attached hydrogen (secondary N) is 1. The van der Waals surface area contributed by atoms with Crippen molar-refractivity contribution in [2.24, 2.45) is 0 Å². The Labute approximate surface area is 110 Å². The van der Waals surface area contributed by atoms with Gasteiger partial charge in [0, 0.05) is 19.6 Å². The summed E-state index contributed by atoms with van der Waals surface area (Å²) in [6, 6.07) is -0.243. The Hall–Kier alpha value is -0.650. The second-order valence-electron chi connectivity index (χ2n) is 4.84. The molecule has 5 nitrogen and oxygen atoms in total. The zero-order chi connectivity index (χ0) is 13.5. The topological polar surface area (TPSA) is 50.8 Å². The molecular weight excluding hydrogens is 232 g/mol. The molecule has 0 bridgehead atoms. The number of likely N-dealkylation sites (N-methyl/N-ethyl adjacent to an activating group) is 1. The van der Waals surface area contributed by atoms with E-state index in [2.05, 4.69) is 24.1 Å². The van der Waals surface area contributed by atoms with E-state index in [0.29, 0.717) is 13.2 Å². The number of ether oxygens (including phenoxy) is 2. The maximum Gasteiger partial charge on any atom is 0.324 e. The van der Waals surface area contributed by atoms with Crippen LogP contribution < -0.4 is 5.32 Å². The lowest BCUT2D eigenvalue weighted by molar-refractivity contribution is -0.147. The van der Waals surface area contributed by atoms with Crippen LogP contribution in [0.1, 0.15) is 27.7 Å². The van der Waals surface area contributed by atoms with E-state index in [1.807, 2.05) is 13.8 Å². The van der Waals surface area contributed by atoms with Crippen LogP contribution in [0.15, 0.2) is 0 Å². The normalized spacial score (nSPS) is 26.9. The van der Waals surface area contributed by atoms with Crippen molar-refractivity contribution in [1.29, 1.82) is 0 Å². The second-order valence-corrected chi connectivity index (χ2v) is 4.84. The monoisotopic (exact) mass is 258 g/mol. The number of nitrogens with zero attached hydrogens (tertiary/aromatic N) is 1. The summed E-state index contributed by atoms with van der Waals surface area (Å²) < 4.78 is 10.8. The Balaban J connectivity index is 2.51. The Morgan fingerprint density at radius 3 is 2.50 bits per heavy atom. The highest BCUT2D eigenvalue weighted by molar-refractivity contribution is 5.76. The summed E-state index contributed by atoms with van der Waals surface area (Å²) in [5, 5.41) is 3.19. The first-order chi connectivity index (χ1) is 8.56. The predicted octanol–water partition coefficient (Wildman–Crippen LogP) is 0.637. The first-order valence-electron chi connectivity index (χ1n) is 6.84. The summed E-state index contributed by atoms with van der Waals surface area (Å²) >= 11 is 0. The fourth-order valence-corrected chi connectivity index (χ4v) is 2.40. The molecule has 0 aromatic carbocycles. The molecule has 1 fully saturated rings. The molecule has 1 unspecified atom stereocenters. The van der Waals surface area contributed by atoms with E-state index in [1.54, 1.807) is 0 Å². The third kappa shape index (κ3) is 4.92. The van der Waals surface area contributed by atoms with Gasteiger partial charge in [-0.1, -0.05) is 6.92 Å². The minimum atomic E-state index is -0.243. The molecule has 0 aliphatic carbocycles. The van der Waals surface area contributed by atoms with Crippen LogP contribution in [0.3, 0.4) is 0 Å². The van der Waals surface area contributed by atoms with Crippen LogP contribution in [0.2, 0.25) is 0 Å². The Morgan fingerprint density at radius 1 is 1.39 bits per heavy atom. The number of hydrogen-bond acceptors (Lipinski definition) is 5. The first kappa shape index (κ1) is 15.4. The van der Waals surface area contributed by atoms with E-state index in [4.69, 9.17) is 9.47 Å². The van der Waals surface area contributed by atoms with Gasteiger partial charge in [0.1, 0.15) is 6.04 Å². The molecular formula is C13H26N2O3. The van der Waals surface area contributed by atoms with Crippen LogP contribution in [0.5, 0.6) is 0 Å². The van der Waals surface area contributed by atoms with Crippen molar-refractivity contribution < 1.29 is 14.3 Å². The molecule has 18 heavy (non-hydrogen) atoms. The molecule has 1 rings (SSSR count). The van der Waals surface area contributed by atoms with Gasteiger partial charge in [0.15, 0.2) is 0 Å². The number of carbonyl (C=O) groups excluding carboxylic acids is 1. The van der Waals surface area contributed by atoms with Gasteiger partial charge in [-0.25, -0.2) is 0 Å². The maximum absolute atomic E-state index is 11.8. The molecule has 106 valence electrons. The van der Waals surface area contributed by atoms with Crippen molar-refractivity contribution in [3.05, 3.63) is 0 Å². The van der Waals surface area contributed by atoms with Gasteiger partial charge >= 0.3 is 5.97 Å². The standard InChI is InChI=1S/C13H26N2O3/c1-5-14-12(13(16)17-6-2)9-15-7-10(3)18-11(4)8-15/h10-12,14H,5-9H2,1-4H3/t10-,11+,12?. The number of esters is 1. The summed E-state index contributed by atoms with van der Waals surface area (Å²) in [6.07, 6.45) is 0.441. The van der Waals surface area contributed by atoms with Crippen molar-refractivity contribution in [2.75, 3.05) is 32.8 Å². The number of hydrogen-bond donors (Lipinski definition) is 1. The Kier molecular flexibility index (Phi) is 6.60. The van der Waals surface area contributed by atoms with Crippen molar-refractivity contribution in [1.82, 2.24) is 10.2 Å². The molecule has 0 amide bonds. The number of morpholine rings is 1. The van der Waals surface area contributed by atoms with Crippen molar-refractivity contribution in [2.45, 2.75) is 45.9 Å². The minimum Gasteiger partial charge on any atom is -0.465 e. The lowest BCUT2D eigenvalue weighted by Gasteiger charge is -2.36. The van der Waals surface area contributed by atoms with E-state index in [-0.39, 0.29) is 24.2 Å². The van der Waals surface area contributed by atoms with Crippen LogP contribution >= 0.6 is 0 Å². The van der Waals surface area contributed by atoms with E-state index < -0.39 is 0 Å². The highest BCUT2D eigenvalue weighted by Crippen LogP contribution is 2.11. The quantitative estimate of drug-likeness (QED) is 0.708. The van der Waals surface area contributed by atoms with E-state index >= 15 is 0 Å². The van der Waals surface area contributed by atoms with Gasteiger partial charge in [0.2, 0.25) is 0 Å². The maximum atomic E-state index is 11.8. The number of rotatable bonds is 6. The molecule has 0 aromatic rings. The molecule has 1 saturated heterocycles. The zero-order valence-corrected chi connectivity index (χ0v) is 11.9. The average Bonchev–Trinajstić information content (AvgIpc) is 2.27. The molecule has 1 aliphatic heterocycles. The highest BCUT2D eigenvalue weighted by Gasteiger charge is 2.27. The fourth-order valence-electron chi connectivity index (χ4n) is 2.40. The summed E-state index contributed by atoms with van der Waals surface area (Å²) in [4.78, 5) is 14.1. The van der Waals surface area contributed by atoms with Gasteiger partial charge in [0.25, 0.3) is 0 Å². The fraction of sp³-hybridized carbons (Fsp3) is 0.923. The van der Waals surface area contributed by atoms with Gasteiger partial charge in [-0.15, -0.1) is 0 Å². The van der Waals surface area contributed by atoms with Gasteiger partial charge in [-0.3, -0.25) is 9.69 Å². The molecule has 0 spiro atoms. The van der Waals surface area contributed by atoms with Crippen molar-refractivity contribution in [3.63, 3.8) is 0 Å². The van der Waals surface area contributed by atoms with Gasteiger partial charge in [-0.2, -0.15) is 0 Å².